The van der Waals surface area contributed by atoms with E-state index in [-0.39, 0.29) is 5.03 Å². The Hall–Kier alpha value is -3.93. The second-order valence-corrected chi connectivity index (χ2v) is 9.88. The molecule has 0 amide bonds. The van der Waals surface area contributed by atoms with Crippen molar-refractivity contribution in [1.29, 1.82) is 0 Å². The number of imidazole rings is 1. The average Bonchev–Trinajstić information content (AvgIpc) is 3.25. The number of hydrogen-bond donors (Lipinski definition) is 1. The molecule has 0 radical (unpaired) electrons. The maximum atomic E-state index is 13.1. The zero-order valence-corrected chi connectivity index (χ0v) is 19.3. The predicted octanol–water partition coefficient (Wildman–Crippen LogP) is 2.80. The number of pyridine rings is 1. The summed E-state index contributed by atoms with van der Waals surface area (Å²) < 4.78 is 38.6. The third-order valence-electron chi connectivity index (χ3n) is 5.55. The molecule has 0 bridgehead atoms. The summed E-state index contributed by atoms with van der Waals surface area (Å²) in [4.78, 5) is 23.3. The van der Waals surface area contributed by atoms with E-state index in [1.54, 1.807) is 25.4 Å². The van der Waals surface area contributed by atoms with Crippen LogP contribution in [-0.2, 0) is 9.84 Å². The van der Waals surface area contributed by atoms with Gasteiger partial charge in [0.25, 0.3) is 0 Å². The lowest BCUT2D eigenvalue weighted by molar-refractivity contribution is 0.598. The number of hydrogen-bond acceptors (Lipinski definition) is 9. The zero-order chi connectivity index (χ0) is 23.9. The Kier molecular flexibility index (Phi) is 5.44. The first-order chi connectivity index (χ1) is 16.3. The van der Waals surface area contributed by atoms with Crippen LogP contribution in [0.5, 0.6) is 0 Å². The van der Waals surface area contributed by atoms with Gasteiger partial charge in [0, 0.05) is 31.7 Å². The van der Waals surface area contributed by atoms with Crippen molar-refractivity contribution >= 4 is 38.5 Å². The number of aromatic nitrogens is 6. The summed E-state index contributed by atoms with van der Waals surface area (Å²) in [5.41, 5.74) is 3.89. The molecule has 1 N–H and O–H groups in total. The molecule has 174 valence electrons. The van der Waals surface area contributed by atoms with Crippen LogP contribution in [0.4, 0.5) is 21.8 Å². The zero-order valence-electron chi connectivity index (χ0n) is 18.5. The Morgan fingerprint density at radius 1 is 1.09 bits per heavy atom. The summed E-state index contributed by atoms with van der Waals surface area (Å²) in [6.07, 6.45) is 11.6. The minimum atomic E-state index is -3.39. The van der Waals surface area contributed by atoms with Crippen molar-refractivity contribution in [2.45, 2.75) is 18.4 Å². The Labute approximate surface area is 195 Å². The molecule has 12 heteroatoms. The van der Waals surface area contributed by atoms with Crippen molar-refractivity contribution in [1.82, 2.24) is 29.3 Å². The van der Waals surface area contributed by atoms with Crippen LogP contribution in [0.2, 0.25) is 0 Å². The van der Waals surface area contributed by atoms with E-state index in [9.17, 15) is 12.8 Å². The maximum absolute atomic E-state index is 13.1. The van der Waals surface area contributed by atoms with E-state index in [2.05, 4.69) is 36.3 Å². The van der Waals surface area contributed by atoms with Crippen molar-refractivity contribution in [2.24, 2.45) is 0 Å². The fraction of sp³-hybridized carbons (Fsp3) is 0.227. The molecular formula is C22H21FN8O2S. The quantitative estimate of drug-likeness (QED) is 0.460. The number of halogens is 1. The lowest BCUT2D eigenvalue weighted by Gasteiger charge is -2.26. The highest BCUT2D eigenvalue weighted by Gasteiger charge is 2.19. The number of aryl methyl sites for hydroxylation is 1. The molecule has 0 fully saturated rings. The van der Waals surface area contributed by atoms with Gasteiger partial charge in [0.15, 0.2) is 32.1 Å². The molecule has 0 spiro atoms. The van der Waals surface area contributed by atoms with E-state index in [1.807, 2.05) is 15.5 Å². The van der Waals surface area contributed by atoms with Gasteiger partial charge in [-0.1, -0.05) is 6.08 Å². The number of sulfone groups is 1. The normalized spacial score (nSPS) is 14.3. The molecule has 5 rings (SSSR count). The molecule has 34 heavy (non-hydrogen) atoms. The Bertz CT molecular complexity index is 1520. The van der Waals surface area contributed by atoms with Crippen LogP contribution in [0, 0.1) is 12.7 Å². The molecule has 1 aliphatic heterocycles. The highest BCUT2D eigenvalue weighted by atomic mass is 32.2. The monoisotopic (exact) mass is 480 g/mol. The Morgan fingerprint density at radius 2 is 1.88 bits per heavy atom. The van der Waals surface area contributed by atoms with Crippen LogP contribution in [0.1, 0.15) is 17.8 Å². The number of nitrogens with one attached hydrogen (secondary N) is 1. The van der Waals surface area contributed by atoms with E-state index >= 15 is 0 Å². The van der Waals surface area contributed by atoms with Crippen molar-refractivity contribution in [3.8, 4) is 0 Å². The van der Waals surface area contributed by atoms with Gasteiger partial charge in [0.1, 0.15) is 0 Å². The van der Waals surface area contributed by atoms with Gasteiger partial charge in [-0.2, -0.15) is 0 Å². The molecule has 0 atom stereocenters. The molecule has 0 unspecified atom stereocenters. The fourth-order valence-electron chi connectivity index (χ4n) is 3.80. The molecular weight excluding hydrogens is 459 g/mol. The molecule has 10 nitrogen and oxygen atoms in total. The van der Waals surface area contributed by atoms with Crippen LogP contribution >= 0.6 is 0 Å². The van der Waals surface area contributed by atoms with Gasteiger partial charge in [0.05, 0.1) is 35.7 Å². The van der Waals surface area contributed by atoms with E-state index < -0.39 is 15.7 Å². The average molecular weight is 481 g/mol. The van der Waals surface area contributed by atoms with Gasteiger partial charge >= 0.3 is 0 Å². The molecule has 0 saturated carbocycles. The van der Waals surface area contributed by atoms with Gasteiger partial charge in [-0.15, -0.1) is 0 Å². The van der Waals surface area contributed by atoms with E-state index in [0.29, 0.717) is 41.9 Å². The van der Waals surface area contributed by atoms with E-state index in [0.717, 1.165) is 23.9 Å². The van der Waals surface area contributed by atoms with Gasteiger partial charge in [0.2, 0.25) is 5.95 Å². The smallest absolute Gasteiger partial charge is 0.225 e. The fourth-order valence-corrected chi connectivity index (χ4v) is 4.42. The first kappa shape index (κ1) is 21.9. The summed E-state index contributed by atoms with van der Waals surface area (Å²) in [7, 11) is -3.39. The first-order valence-electron chi connectivity index (χ1n) is 10.5. The van der Waals surface area contributed by atoms with Gasteiger partial charge in [-0.25, -0.2) is 37.7 Å². The summed E-state index contributed by atoms with van der Waals surface area (Å²) in [6.45, 7) is 3.03. The van der Waals surface area contributed by atoms with Crippen LogP contribution in [0.3, 0.4) is 0 Å². The van der Waals surface area contributed by atoms with Crippen molar-refractivity contribution < 1.29 is 12.8 Å². The molecule has 4 aromatic heterocycles. The minimum absolute atomic E-state index is 0.0223. The summed E-state index contributed by atoms with van der Waals surface area (Å²) in [6, 6.07) is 3.13. The topological polar surface area (TPSA) is 118 Å². The third-order valence-corrected chi connectivity index (χ3v) is 6.54. The van der Waals surface area contributed by atoms with Gasteiger partial charge in [-0.3, -0.25) is 4.40 Å². The van der Waals surface area contributed by atoms with Crippen LogP contribution in [-0.4, -0.2) is 57.1 Å². The van der Waals surface area contributed by atoms with Crippen molar-refractivity contribution in [3.05, 3.63) is 66.4 Å². The maximum Gasteiger partial charge on any atom is 0.225 e. The largest absolute Gasteiger partial charge is 0.337 e. The lowest BCUT2D eigenvalue weighted by Crippen LogP contribution is -2.30. The second-order valence-electron chi connectivity index (χ2n) is 7.92. The molecule has 0 saturated heterocycles. The van der Waals surface area contributed by atoms with Crippen molar-refractivity contribution in [3.63, 3.8) is 0 Å². The second kappa shape index (κ2) is 8.45. The van der Waals surface area contributed by atoms with E-state index in [4.69, 9.17) is 0 Å². The Morgan fingerprint density at radius 3 is 2.56 bits per heavy atom. The third kappa shape index (κ3) is 4.19. The van der Waals surface area contributed by atoms with Crippen molar-refractivity contribution in [2.75, 3.05) is 29.6 Å². The predicted molar refractivity (Wildman–Crippen MR) is 125 cm³/mol. The molecule has 5 heterocycles. The lowest BCUT2D eigenvalue weighted by atomic mass is 10.1. The minimum Gasteiger partial charge on any atom is -0.337 e. The number of nitrogens with zero attached hydrogens (tertiary/aromatic N) is 7. The van der Waals surface area contributed by atoms with E-state index in [1.165, 1.54) is 18.5 Å². The standard InChI is InChI=1S/C22H21FN8O2S/c1-14-17(3-4-19(28-14)34(2,32)33)29-20-21-25-13-18(31(21)10-7-24-20)15-5-8-30(9-6-15)22-26-11-16(23)12-27-22/h3-5,7,10-13H,6,8-9H2,1-2H3,(H,24,29). The Balaban J connectivity index is 1.40. The first-order valence-corrected chi connectivity index (χ1v) is 12.4. The SMILES string of the molecule is Cc1nc(S(C)(=O)=O)ccc1Nc1nccn2c(C3=CCN(c4ncc(F)cn4)CC3)cnc12. The number of rotatable bonds is 5. The summed E-state index contributed by atoms with van der Waals surface area (Å²) in [5.74, 6) is 0.568. The summed E-state index contributed by atoms with van der Waals surface area (Å²) in [5, 5.41) is 3.24. The molecule has 0 aliphatic carbocycles. The van der Waals surface area contributed by atoms with Crippen LogP contribution < -0.4 is 10.2 Å². The van der Waals surface area contributed by atoms with Gasteiger partial charge < -0.3 is 10.2 Å². The van der Waals surface area contributed by atoms with Crippen LogP contribution in [0.15, 0.2) is 54.2 Å². The van der Waals surface area contributed by atoms with Gasteiger partial charge in [-0.05, 0) is 31.1 Å². The molecule has 4 aromatic rings. The highest BCUT2D eigenvalue weighted by Crippen LogP contribution is 2.28. The van der Waals surface area contributed by atoms with Crippen LogP contribution in [0.25, 0.3) is 11.2 Å². The highest BCUT2D eigenvalue weighted by molar-refractivity contribution is 7.90. The number of anilines is 3. The number of fused-ring (bicyclic) bond motifs is 1. The summed E-state index contributed by atoms with van der Waals surface area (Å²) >= 11 is 0. The molecule has 0 aromatic carbocycles. The molecule has 1 aliphatic rings.